The molecule has 0 aliphatic carbocycles. The molecule has 0 spiro atoms. The Hall–Kier alpha value is -1.23. The lowest BCUT2D eigenvalue weighted by Crippen LogP contribution is -2.24. The number of rotatable bonds is 4. The summed E-state index contributed by atoms with van der Waals surface area (Å²) >= 11 is 0. The summed E-state index contributed by atoms with van der Waals surface area (Å²) in [5.74, 6) is 0. The zero-order valence-electron chi connectivity index (χ0n) is 11.9. The summed E-state index contributed by atoms with van der Waals surface area (Å²) in [6, 6.07) is 4.94. The maximum atomic E-state index is 13.2. The van der Waals surface area contributed by atoms with Crippen LogP contribution in [0, 0.1) is 0 Å². The van der Waals surface area contributed by atoms with E-state index >= 15 is 0 Å². The van der Waals surface area contributed by atoms with Crippen molar-refractivity contribution in [2.75, 3.05) is 18.0 Å². The van der Waals surface area contributed by atoms with Gasteiger partial charge in [-0.1, -0.05) is 19.9 Å². The Morgan fingerprint density at radius 2 is 1.85 bits per heavy atom. The minimum Gasteiger partial charge on any atom is -0.371 e. The van der Waals surface area contributed by atoms with E-state index in [0.29, 0.717) is 30.9 Å². The van der Waals surface area contributed by atoms with Crippen LogP contribution in [0.3, 0.4) is 0 Å². The van der Waals surface area contributed by atoms with Gasteiger partial charge >= 0.3 is 6.18 Å². The van der Waals surface area contributed by atoms with Crippen LogP contribution in [0.5, 0.6) is 0 Å². The molecule has 0 amide bonds. The van der Waals surface area contributed by atoms with Crippen LogP contribution in [0.2, 0.25) is 0 Å². The van der Waals surface area contributed by atoms with Crippen molar-refractivity contribution in [3.05, 3.63) is 29.3 Å². The van der Waals surface area contributed by atoms with Gasteiger partial charge in [0.15, 0.2) is 0 Å². The number of hydrogen-bond donors (Lipinski definition) is 1. The number of alkyl halides is 3. The molecule has 1 aliphatic heterocycles. The lowest BCUT2D eigenvalue weighted by Gasteiger charge is -2.23. The van der Waals surface area contributed by atoms with E-state index < -0.39 is 11.7 Å². The van der Waals surface area contributed by atoms with Gasteiger partial charge in [-0.15, -0.1) is 0 Å². The van der Waals surface area contributed by atoms with Crippen LogP contribution in [0.4, 0.5) is 18.9 Å². The molecular weight excluding hydrogens is 265 g/mol. The van der Waals surface area contributed by atoms with E-state index in [0.717, 1.165) is 12.8 Å². The average Bonchev–Trinajstić information content (AvgIpc) is 2.88. The predicted octanol–water partition coefficient (Wildman–Crippen LogP) is 3.80. The minimum atomic E-state index is -4.30. The fraction of sp³-hybridized carbons (Fsp3) is 0.600. The lowest BCUT2D eigenvalue weighted by molar-refractivity contribution is -0.137. The molecule has 1 aromatic rings. The quantitative estimate of drug-likeness (QED) is 0.905. The van der Waals surface area contributed by atoms with Gasteiger partial charge in [0.1, 0.15) is 0 Å². The molecule has 1 aromatic carbocycles. The minimum absolute atomic E-state index is 0.252. The van der Waals surface area contributed by atoms with Crippen LogP contribution in [-0.2, 0) is 12.7 Å². The summed E-state index contributed by atoms with van der Waals surface area (Å²) in [4.78, 5) is 1.84. The number of nitrogens with one attached hydrogen (secondary N) is 1. The second-order valence-electron chi connectivity index (χ2n) is 5.58. The second-order valence-corrected chi connectivity index (χ2v) is 5.58. The third-order valence-electron chi connectivity index (χ3n) is 3.53. The number of nitrogens with zero attached hydrogens (tertiary/aromatic N) is 1. The van der Waals surface area contributed by atoms with Crippen LogP contribution in [0.1, 0.15) is 37.8 Å². The zero-order chi connectivity index (χ0) is 14.8. The predicted molar refractivity (Wildman–Crippen MR) is 74.9 cm³/mol. The Bertz CT molecular complexity index is 449. The molecule has 1 N–H and O–H groups in total. The highest BCUT2D eigenvalue weighted by molar-refractivity contribution is 5.57. The van der Waals surface area contributed by atoms with Crippen molar-refractivity contribution < 1.29 is 13.2 Å². The molecule has 0 unspecified atom stereocenters. The third-order valence-corrected chi connectivity index (χ3v) is 3.53. The van der Waals surface area contributed by atoms with Gasteiger partial charge in [0.25, 0.3) is 0 Å². The SMILES string of the molecule is CC(C)NCc1ccc(N2CCCC2)c(C(F)(F)F)c1. The van der Waals surface area contributed by atoms with Crippen molar-refractivity contribution in [3.8, 4) is 0 Å². The van der Waals surface area contributed by atoms with Gasteiger partial charge in [0.2, 0.25) is 0 Å². The van der Waals surface area contributed by atoms with E-state index in [1.165, 1.54) is 6.07 Å². The Morgan fingerprint density at radius 1 is 1.20 bits per heavy atom. The number of anilines is 1. The summed E-state index contributed by atoms with van der Waals surface area (Å²) in [5.41, 5.74) is 0.486. The Kier molecular flexibility index (Phi) is 4.58. The highest BCUT2D eigenvalue weighted by Gasteiger charge is 2.35. The molecule has 0 bridgehead atoms. The molecule has 1 fully saturated rings. The van der Waals surface area contributed by atoms with E-state index in [-0.39, 0.29) is 6.04 Å². The molecule has 0 radical (unpaired) electrons. The van der Waals surface area contributed by atoms with Gasteiger partial charge in [0.05, 0.1) is 5.56 Å². The largest absolute Gasteiger partial charge is 0.418 e. The third kappa shape index (κ3) is 3.66. The second kappa shape index (κ2) is 6.04. The van der Waals surface area contributed by atoms with Crippen molar-refractivity contribution in [2.24, 2.45) is 0 Å². The standard InChI is InChI=1S/C15H21F3N2/c1-11(2)19-10-12-5-6-14(20-7-3-4-8-20)13(9-12)15(16,17)18/h5-6,9,11,19H,3-4,7-8,10H2,1-2H3. The molecular formula is C15H21F3N2. The Balaban J connectivity index is 2.28. The van der Waals surface area contributed by atoms with Crippen LogP contribution < -0.4 is 10.2 Å². The topological polar surface area (TPSA) is 15.3 Å². The summed E-state index contributed by atoms with van der Waals surface area (Å²) in [5, 5.41) is 3.15. The number of benzene rings is 1. The fourth-order valence-electron chi connectivity index (χ4n) is 2.48. The Labute approximate surface area is 118 Å². The zero-order valence-corrected chi connectivity index (χ0v) is 11.9. The summed E-state index contributed by atoms with van der Waals surface area (Å²) in [6.45, 7) is 5.84. The highest BCUT2D eigenvalue weighted by atomic mass is 19.4. The molecule has 5 heteroatoms. The molecule has 0 saturated carbocycles. The summed E-state index contributed by atoms with van der Waals surface area (Å²) in [7, 11) is 0. The van der Waals surface area contributed by atoms with Gasteiger partial charge in [-0.3, -0.25) is 0 Å². The van der Waals surface area contributed by atoms with Gasteiger partial charge in [-0.05, 0) is 30.5 Å². The summed E-state index contributed by atoms with van der Waals surface area (Å²) in [6.07, 6.45) is -2.37. The lowest BCUT2D eigenvalue weighted by atomic mass is 10.1. The monoisotopic (exact) mass is 286 g/mol. The summed E-state index contributed by atoms with van der Waals surface area (Å²) < 4.78 is 39.7. The first kappa shape index (κ1) is 15.2. The van der Waals surface area contributed by atoms with E-state index in [2.05, 4.69) is 5.32 Å². The van der Waals surface area contributed by atoms with Crippen molar-refractivity contribution in [1.82, 2.24) is 5.32 Å². The Morgan fingerprint density at radius 3 is 2.40 bits per heavy atom. The average molecular weight is 286 g/mol. The molecule has 0 aromatic heterocycles. The molecule has 0 atom stereocenters. The van der Waals surface area contributed by atoms with Crippen molar-refractivity contribution in [1.29, 1.82) is 0 Å². The molecule has 2 rings (SSSR count). The molecule has 1 heterocycles. The first-order valence-electron chi connectivity index (χ1n) is 7.06. The normalized spacial score (nSPS) is 16.2. The van der Waals surface area contributed by atoms with Crippen LogP contribution in [0.25, 0.3) is 0 Å². The van der Waals surface area contributed by atoms with Crippen molar-refractivity contribution >= 4 is 5.69 Å². The molecule has 2 nitrogen and oxygen atoms in total. The number of hydrogen-bond acceptors (Lipinski definition) is 2. The van der Waals surface area contributed by atoms with Crippen LogP contribution >= 0.6 is 0 Å². The van der Waals surface area contributed by atoms with Crippen LogP contribution in [0.15, 0.2) is 18.2 Å². The first-order valence-corrected chi connectivity index (χ1v) is 7.06. The van der Waals surface area contributed by atoms with Gasteiger partial charge in [-0.2, -0.15) is 13.2 Å². The molecule has 20 heavy (non-hydrogen) atoms. The molecule has 1 aliphatic rings. The maximum Gasteiger partial charge on any atom is 0.418 e. The van der Waals surface area contributed by atoms with Crippen molar-refractivity contribution in [2.45, 2.75) is 45.5 Å². The fourth-order valence-corrected chi connectivity index (χ4v) is 2.48. The van der Waals surface area contributed by atoms with E-state index in [1.807, 2.05) is 18.7 Å². The van der Waals surface area contributed by atoms with E-state index in [1.54, 1.807) is 12.1 Å². The highest BCUT2D eigenvalue weighted by Crippen LogP contribution is 2.38. The van der Waals surface area contributed by atoms with E-state index in [4.69, 9.17) is 0 Å². The number of halogens is 3. The first-order chi connectivity index (χ1) is 9.38. The smallest absolute Gasteiger partial charge is 0.371 e. The molecule has 112 valence electrons. The van der Waals surface area contributed by atoms with Gasteiger partial charge in [0, 0.05) is 31.4 Å². The van der Waals surface area contributed by atoms with Gasteiger partial charge in [-0.25, -0.2) is 0 Å². The van der Waals surface area contributed by atoms with Crippen molar-refractivity contribution in [3.63, 3.8) is 0 Å². The molecule has 1 saturated heterocycles. The maximum absolute atomic E-state index is 13.2. The van der Waals surface area contributed by atoms with Crippen LogP contribution in [-0.4, -0.2) is 19.1 Å². The van der Waals surface area contributed by atoms with Gasteiger partial charge < -0.3 is 10.2 Å². The van der Waals surface area contributed by atoms with E-state index in [9.17, 15) is 13.2 Å².